The van der Waals surface area contributed by atoms with Crippen LogP contribution in [0.1, 0.15) is 64.2 Å². The van der Waals surface area contributed by atoms with E-state index in [4.69, 9.17) is 0 Å². The van der Waals surface area contributed by atoms with Gasteiger partial charge in [-0.2, -0.15) is 0 Å². The molecule has 0 amide bonds. The molecule has 1 saturated heterocycles. The van der Waals surface area contributed by atoms with Crippen LogP contribution in [0.15, 0.2) is 18.8 Å². The molecule has 1 nitrogen and oxygen atoms in total. The van der Waals surface area contributed by atoms with Crippen molar-refractivity contribution in [2.75, 3.05) is 0 Å². The highest BCUT2D eigenvalue weighted by atomic mass is 79.9. The van der Waals surface area contributed by atoms with Gasteiger partial charge in [0.1, 0.15) is 0 Å². The minimum atomic E-state index is -0.880. The lowest BCUT2D eigenvalue weighted by Gasteiger charge is -2.04. The molecule has 0 atom stereocenters. The second kappa shape index (κ2) is 7.39. The van der Waals surface area contributed by atoms with Crippen molar-refractivity contribution in [3.05, 3.63) is 18.8 Å². The van der Waals surface area contributed by atoms with Crippen LogP contribution in [0.25, 0.3) is 0 Å². The molecule has 0 radical (unpaired) electrons. The largest absolute Gasteiger partial charge is 0.250 e. The van der Waals surface area contributed by atoms with Crippen LogP contribution in [0, 0.1) is 0 Å². The van der Waals surface area contributed by atoms with E-state index in [1.807, 2.05) is 0 Å². The van der Waals surface area contributed by atoms with Gasteiger partial charge in [0.2, 0.25) is 0 Å². The van der Waals surface area contributed by atoms with Crippen LogP contribution in [0.3, 0.4) is 0 Å². The molecule has 102 valence electrons. The van der Waals surface area contributed by atoms with Gasteiger partial charge in [-0.3, -0.25) is 0 Å². The Kier molecular flexibility index (Phi) is 6.16. The van der Waals surface area contributed by atoms with E-state index in [2.05, 4.69) is 31.9 Å². The van der Waals surface area contributed by atoms with Crippen LogP contribution in [0.4, 0.5) is 0 Å². The quantitative estimate of drug-likeness (QED) is 0.500. The van der Waals surface area contributed by atoms with Crippen molar-refractivity contribution in [3.63, 3.8) is 0 Å². The van der Waals surface area contributed by atoms with Crippen LogP contribution in [0.2, 0.25) is 0 Å². The highest BCUT2D eigenvalue weighted by Gasteiger charge is 2.27. The molecular formula is C14H20Br2OS. The Balaban J connectivity index is 2.10. The van der Waals surface area contributed by atoms with E-state index in [1.165, 1.54) is 51.4 Å². The van der Waals surface area contributed by atoms with Gasteiger partial charge < -0.3 is 0 Å². The fourth-order valence-electron chi connectivity index (χ4n) is 2.59. The number of rotatable bonds is 0. The molecule has 1 fully saturated rings. The summed E-state index contributed by atoms with van der Waals surface area (Å²) in [5, 5.41) is 0. The van der Waals surface area contributed by atoms with Crippen molar-refractivity contribution in [2.24, 2.45) is 0 Å². The van der Waals surface area contributed by atoms with Crippen molar-refractivity contribution in [3.8, 4) is 0 Å². The zero-order valence-electron chi connectivity index (χ0n) is 10.6. The minimum Gasteiger partial charge on any atom is -0.250 e. The summed E-state index contributed by atoms with van der Waals surface area (Å²) in [6.45, 7) is 0. The maximum Gasteiger partial charge on any atom is 0.0790 e. The van der Waals surface area contributed by atoms with Crippen molar-refractivity contribution >= 4 is 42.7 Å². The van der Waals surface area contributed by atoms with E-state index in [-0.39, 0.29) is 0 Å². The first kappa shape index (κ1) is 15.0. The summed E-state index contributed by atoms with van der Waals surface area (Å²) < 4.78 is 14.6. The molecule has 2 rings (SSSR count). The molecule has 0 unspecified atom stereocenters. The van der Waals surface area contributed by atoms with Gasteiger partial charge in [-0.05, 0) is 57.5 Å². The molecule has 0 spiro atoms. The Morgan fingerprint density at radius 2 is 1.00 bits per heavy atom. The van der Waals surface area contributed by atoms with Crippen LogP contribution >= 0.6 is 31.9 Å². The summed E-state index contributed by atoms with van der Waals surface area (Å²) in [6.07, 6.45) is 12.2. The average molecular weight is 396 g/mol. The zero-order valence-corrected chi connectivity index (χ0v) is 14.6. The average Bonchev–Trinajstić information content (AvgIpc) is 2.57. The first-order valence-electron chi connectivity index (χ1n) is 6.91. The van der Waals surface area contributed by atoms with E-state index in [0.29, 0.717) is 0 Å². The maximum atomic E-state index is 12.5. The second-order valence-electron chi connectivity index (χ2n) is 5.07. The van der Waals surface area contributed by atoms with Crippen molar-refractivity contribution in [1.29, 1.82) is 0 Å². The highest BCUT2D eigenvalue weighted by molar-refractivity contribution is 9.15. The van der Waals surface area contributed by atoms with Gasteiger partial charge >= 0.3 is 0 Å². The summed E-state index contributed by atoms with van der Waals surface area (Å²) in [5.41, 5.74) is 0. The van der Waals surface area contributed by atoms with Crippen molar-refractivity contribution < 1.29 is 4.21 Å². The Labute approximate surface area is 129 Å². The van der Waals surface area contributed by atoms with Crippen molar-refractivity contribution in [2.45, 2.75) is 64.2 Å². The van der Waals surface area contributed by atoms with Crippen LogP contribution in [-0.2, 0) is 10.8 Å². The summed E-state index contributed by atoms with van der Waals surface area (Å²) in [6, 6.07) is 0. The standard InChI is InChI=1S/C14H20Br2OS/c15-13-11-9-7-5-3-1-2-4-6-8-10-12(14(13)16)18(11)17/h1-10H2. The van der Waals surface area contributed by atoms with E-state index in [1.54, 1.807) is 0 Å². The summed E-state index contributed by atoms with van der Waals surface area (Å²) >= 11 is 7.22. The molecule has 2 aliphatic heterocycles. The molecule has 18 heavy (non-hydrogen) atoms. The van der Waals surface area contributed by atoms with Gasteiger partial charge in [0.05, 0.1) is 10.8 Å². The lowest BCUT2D eigenvalue weighted by atomic mass is 10.1. The van der Waals surface area contributed by atoms with Crippen LogP contribution < -0.4 is 0 Å². The second-order valence-corrected chi connectivity index (χ2v) is 8.18. The lowest BCUT2D eigenvalue weighted by Crippen LogP contribution is -1.95. The fraction of sp³-hybridized carbons (Fsp3) is 0.714. The smallest absolute Gasteiger partial charge is 0.0790 e. The number of hydrogen-bond donors (Lipinski definition) is 0. The number of allylic oxidation sites excluding steroid dienone is 4. The van der Waals surface area contributed by atoms with Gasteiger partial charge in [0, 0.05) is 18.8 Å². The monoisotopic (exact) mass is 394 g/mol. The zero-order chi connectivity index (χ0) is 13.0. The maximum absolute atomic E-state index is 12.5. The van der Waals surface area contributed by atoms with E-state index >= 15 is 0 Å². The molecule has 0 saturated carbocycles. The summed E-state index contributed by atoms with van der Waals surface area (Å²) in [5.74, 6) is 0. The predicted octanol–water partition coefficient (Wildman–Crippen LogP) is 5.88. The van der Waals surface area contributed by atoms with Crippen LogP contribution in [-0.4, -0.2) is 4.21 Å². The lowest BCUT2D eigenvalue weighted by molar-refractivity contribution is 0.570. The third-order valence-corrected chi connectivity index (χ3v) is 8.21. The SMILES string of the molecule is O=S1C2=C(Br)C(Br)=C1CCCCCCCCCC2. The Morgan fingerprint density at radius 3 is 1.39 bits per heavy atom. The Hall–Kier alpha value is 0.590. The van der Waals surface area contributed by atoms with Crippen LogP contribution in [0.5, 0.6) is 0 Å². The molecule has 0 aliphatic carbocycles. The Morgan fingerprint density at radius 1 is 0.667 bits per heavy atom. The first-order chi connectivity index (χ1) is 8.72. The minimum absolute atomic E-state index is 0.880. The molecule has 0 aromatic carbocycles. The van der Waals surface area contributed by atoms with E-state index in [0.717, 1.165) is 31.6 Å². The Bertz CT molecular complexity index is 363. The summed E-state index contributed by atoms with van der Waals surface area (Å²) in [4.78, 5) is 2.22. The van der Waals surface area contributed by atoms with Gasteiger partial charge in [-0.15, -0.1) is 0 Å². The third-order valence-electron chi connectivity index (χ3n) is 3.69. The molecule has 2 heterocycles. The molecule has 0 N–H and O–H groups in total. The molecule has 0 aromatic rings. The molecule has 4 heteroatoms. The predicted molar refractivity (Wildman–Crippen MR) is 86.2 cm³/mol. The van der Waals surface area contributed by atoms with E-state index < -0.39 is 10.8 Å². The van der Waals surface area contributed by atoms with Gasteiger partial charge in [0.25, 0.3) is 0 Å². The molecule has 0 aromatic heterocycles. The number of fused-ring (bicyclic) bond motifs is 2. The highest BCUT2D eigenvalue weighted by Crippen LogP contribution is 2.43. The van der Waals surface area contributed by atoms with Gasteiger partial charge in [-0.1, -0.05) is 38.5 Å². The third kappa shape index (κ3) is 3.57. The molecule has 2 bridgehead atoms. The molecular weight excluding hydrogens is 376 g/mol. The number of hydrogen-bond acceptors (Lipinski definition) is 1. The van der Waals surface area contributed by atoms with E-state index in [9.17, 15) is 4.21 Å². The topological polar surface area (TPSA) is 17.1 Å². The number of halogens is 2. The van der Waals surface area contributed by atoms with Gasteiger partial charge in [0.15, 0.2) is 0 Å². The normalized spacial score (nSPS) is 24.8. The van der Waals surface area contributed by atoms with Crippen molar-refractivity contribution in [1.82, 2.24) is 0 Å². The van der Waals surface area contributed by atoms with Gasteiger partial charge in [-0.25, -0.2) is 4.21 Å². The molecule has 2 aliphatic rings. The summed E-state index contributed by atoms with van der Waals surface area (Å²) in [7, 11) is -0.880. The first-order valence-corrected chi connectivity index (χ1v) is 9.65. The fourth-order valence-corrected chi connectivity index (χ4v) is 6.10.